The largest absolute Gasteiger partial charge is 0.497 e. The maximum Gasteiger partial charge on any atom is 0.243 e. The third-order valence-corrected chi connectivity index (χ3v) is 4.20. The van der Waals surface area contributed by atoms with Crippen molar-refractivity contribution in [2.24, 2.45) is 0 Å². The second kappa shape index (κ2) is 8.85. The second-order valence-corrected chi connectivity index (χ2v) is 6.10. The molecule has 26 heavy (non-hydrogen) atoms. The summed E-state index contributed by atoms with van der Waals surface area (Å²) in [6.45, 7) is 1.60. The van der Waals surface area contributed by atoms with Gasteiger partial charge in [-0.25, -0.2) is 4.98 Å². The zero-order valence-corrected chi connectivity index (χ0v) is 14.9. The maximum atomic E-state index is 11.9. The highest BCUT2D eigenvalue weighted by molar-refractivity contribution is 5.93. The molecule has 0 atom stereocenters. The molecule has 3 aromatic rings. The van der Waals surface area contributed by atoms with Crippen molar-refractivity contribution in [1.29, 1.82) is 0 Å². The number of carbonyl (C=O) groups excluding carboxylic acids is 1. The first-order chi connectivity index (χ1) is 12.7. The highest BCUT2D eigenvalue weighted by Crippen LogP contribution is 2.22. The van der Waals surface area contributed by atoms with Crippen LogP contribution in [0.15, 0.2) is 61.2 Å². The number of aryl methyl sites for hydroxylation is 1. The van der Waals surface area contributed by atoms with Gasteiger partial charge in [0.1, 0.15) is 5.75 Å². The van der Waals surface area contributed by atoms with Crippen molar-refractivity contribution < 1.29 is 9.53 Å². The molecule has 0 bridgehead atoms. The Morgan fingerprint density at radius 3 is 2.85 bits per heavy atom. The van der Waals surface area contributed by atoms with Crippen molar-refractivity contribution in [3.63, 3.8) is 0 Å². The smallest absolute Gasteiger partial charge is 0.243 e. The SMILES string of the molecule is COc1ccc2cc(/C=C/C(=O)NCCCCn3ccnc3)ccc2c1. The van der Waals surface area contributed by atoms with Crippen LogP contribution in [-0.2, 0) is 11.3 Å². The van der Waals surface area contributed by atoms with E-state index >= 15 is 0 Å². The average molecular weight is 349 g/mol. The van der Waals surface area contributed by atoms with Crippen molar-refractivity contribution in [1.82, 2.24) is 14.9 Å². The number of hydrogen-bond acceptors (Lipinski definition) is 3. The molecule has 0 radical (unpaired) electrons. The van der Waals surface area contributed by atoms with Gasteiger partial charge in [0.2, 0.25) is 5.91 Å². The van der Waals surface area contributed by atoms with Crippen LogP contribution >= 0.6 is 0 Å². The van der Waals surface area contributed by atoms with Crippen LogP contribution in [0.1, 0.15) is 18.4 Å². The fourth-order valence-electron chi connectivity index (χ4n) is 2.75. The van der Waals surface area contributed by atoms with Gasteiger partial charge in [-0.05, 0) is 53.5 Å². The summed E-state index contributed by atoms with van der Waals surface area (Å²) in [7, 11) is 1.66. The molecule has 0 aliphatic rings. The van der Waals surface area contributed by atoms with E-state index in [1.165, 1.54) is 0 Å². The summed E-state index contributed by atoms with van der Waals surface area (Å²) in [6, 6.07) is 12.0. The van der Waals surface area contributed by atoms with E-state index in [1.54, 1.807) is 25.7 Å². The minimum absolute atomic E-state index is 0.0672. The highest BCUT2D eigenvalue weighted by atomic mass is 16.5. The number of benzene rings is 2. The standard InChI is InChI=1S/C21H23N3O2/c1-26-20-8-7-18-14-17(4-6-19(18)15-20)5-9-21(25)23-10-2-3-12-24-13-11-22-16-24/h4-9,11,13-16H,2-3,10,12H2,1H3,(H,23,25)/b9-5+. The van der Waals surface area contributed by atoms with Crippen molar-refractivity contribution in [2.75, 3.05) is 13.7 Å². The summed E-state index contributed by atoms with van der Waals surface area (Å²) in [5.41, 5.74) is 0.998. The molecular weight excluding hydrogens is 326 g/mol. The fraction of sp³-hybridized carbons (Fsp3) is 0.238. The van der Waals surface area contributed by atoms with Gasteiger partial charge in [0.25, 0.3) is 0 Å². The summed E-state index contributed by atoms with van der Waals surface area (Å²) in [5.74, 6) is 0.774. The minimum atomic E-state index is -0.0672. The molecule has 2 aromatic carbocycles. The number of carbonyl (C=O) groups is 1. The van der Waals surface area contributed by atoms with Gasteiger partial charge in [0.15, 0.2) is 0 Å². The predicted octanol–water partition coefficient (Wildman–Crippen LogP) is 3.65. The summed E-state index contributed by atoms with van der Waals surface area (Å²) >= 11 is 0. The molecule has 0 spiro atoms. The third kappa shape index (κ3) is 4.96. The molecule has 134 valence electrons. The number of imidazole rings is 1. The van der Waals surface area contributed by atoms with E-state index in [4.69, 9.17) is 4.74 Å². The summed E-state index contributed by atoms with van der Waals surface area (Å²) in [4.78, 5) is 15.9. The molecule has 5 nitrogen and oxygen atoms in total. The monoisotopic (exact) mass is 349 g/mol. The maximum absolute atomic E-state index is 11.9. The Bertz CT molecular complexity index is 885. The molecule has 0 aliphatic carbocycles. The van der Waals surface area contributed by atoms with Gasteiger partial charge in [0, 0.05) is 31.6 Å². The molecule has 3 rings (SSSR count). The van der Waals surface area contributed by atoms with Crippen LogP contribution in [0.2, 0.25) is 0 Å². The fourth-order valence-corrected chi connectivity index (χ4v) is 2.75. The molecule has 1 aromatic heterocycles. The number of aromatic nitrogens is 2. The Morgan fingerprint density at radius 1 is 1.19 bits per heavy atom. The summed E-state index contributed by atoms with van der Waals surface area (Å²) < 4.78 is 7.27. The van der Waals surface area contributed by atoms with Gasteiger partial charge in [-0.2, -0.15) is 0 Å². The lowest BCUT2D eigenvalue weighted by Crippen LogP contribution is -2.22. The average Bonchev–Trinajstić information content (AvgIpc) is 3.19. The lowest BCUT2D eigenvalue weighted by Gasteiger charge is -2.04. The number of fused-ring (bicyclic) bond motifs is 1. The van der Waals surface area contributed by atoms with Gasteiger partial charge >= 0.3 is 0 Å². The Morgan fingerprint density at radius 2 is 2.04 bits per heavy atom. The van der Waals surface area contributed by atoms with Crippen LogP contribution in [0.4, 0.5) is 0 Å². The first kappa shape index (κ1) is 17.7. The van der Waals surface area contributed by atoms with Gasteiger partial charge in [0.05, 0.1) is 13.4 Å². The quantitative estimate of drug-likeness (QED) is 0.499. The van der Waals surface area contributed by atoms with Crippen LogP contribution in [0, 0.1) is 0 Å². The first-order valence-corrected chi connectivity index (χ1v) is 8.74. The number of nitrogens with one attached hydrogen (secondary N) is 1. The number of ether oxygens (including phenoxy) is 1. The Labute approximate surface area is 153 Å². The molecule has 0 saturated heterocycles. The van der Waals surface area contributed by atoms with Gasteiger partial charge in [-0.15, -0.1) is 0 Å². The van der Waals surface area contributed by atoms with Gasteiger partial charge in [-0.1, -0.05) is 18.2 Å². The van der Waals surface area contributed by atoms with E-state index in [-0.39, 0.29) is 5.91 Å². The predicted molar refractivity (Wildman–Crippen MR) is 104 cm³/mol. The number of amides is 1. The van der Waals surface area contributed by atoms with Crippen LogP contribution in [-0.4, -0.2) is 29.1 Å². The van der Waals surface area contributed by atoms with Crippen molar-refractivity contribution in [3.05, 3.63) is 66.8 Å². The molecule has 0 fully saturated rings. The van der Waals surface area contributed by atoms with Crippen LogP contribution < -0.4 is 10.1 Å². The van der Waals surface area contributed by atoms with E-state index in [2.05, 4.69) is 16.4 Å². The molecule has 1 amide bonds. The Balaban J connectivity index is 1.46. The number of hydrogen-bond donors (Lipinski definition) is 1. The van der Waals surface area contributed by atoms with E-state index in [0.29, 0.717) is 6.54 Å². The molecule has 0 saturated carbocycles. The van der Waals surface area contributed by atoms with Crippen molar-refractivity contribution in [3.8, 4) is 5.75 Å². The summed E-state index contributed by atoms with van der Waals surface area (Å²) in [6.07, 6.45) is 10.9. The van der Waals surface area contributed by atoms with Gasteiger partial charge in [-0.3, -0.25) is 4.79 Å². The highest BCUT2D eigenvalue weighted by Gasteiger charge is 1.99. The van der Waals surface area contributed by atoms with E-state index in [9.17, 15) is 4.79 Å². The lowest BCUT2D eigenvalue weighted by atomic mass is 10.1. The molecule has 0 aliphatic heterocycles. The Kier molecular flexibility index (Phi) is 6.04. The van der Waals surface area contributed by atoms with E-state index in [1.807, 2.05) is 47.2 Å². The number of nitrogens with zero attached hydrogens (tertiary/aromatic N) is 2. The lowest BCUT2D eigenvalue weighted by molar-refractivity contribution is -0.116. The van der Waals surface area contributed by atoms with Crippen LogP contribution in [0.3, 0.4) is 0 Å². The van der Waals surface area contributed by atoms with E-state index < -0.39 is 0 Å². The Hall–Kier alpha value is -3.08. The van der Waals surface area contributed by atoms with Crippen LogP contribution in [0.25, 0.3) is 16.8 Å². The zero-order valence-electron chi connectivity index (χ0n) is 14.9. The molecular formula is C21H23N3O2. The number of unbranched alkanes of at least 4 members (excludes halogenated alkanes) is 1. The second-order valence-electron chi connectivity index (χ2n) is 6.10. The van der Waals surface area contributed by atoms with Crippen molar-refractivity contribution in [2.45, 2.75) is 19.4 Å². The molecule has 5 heteroatoms. The van der Waals surface area contributed by atoms with E-state index in [0.717, 1.165) is 41.5 Å². The molecule has 0 unspecified atom stereocenters. The number of methoxy groups -OCH3 is 1. The molecule has 1 heterocycles. The normalized spacial score (nSPS) is 11.1. The van der Waals surface area contributed by atoms with Crippen LogP contribution in [0.5, 0.6) is 5.75 Å². The molecule has 1 N–H and O–H groups in total. The third-order valence-electron chi connectivity index (χ3n) is 4.20. The summed E-state index contributed by atoms with van der Waals surface area (Å²) in [5, 5.41) is 5.15. The zero-order chi connectivity index (χ0) is 18.2. The van der Waals surface area contributed by atoms with Gasteiger partial charge < -0.3 is 14.6 Å². The minimum Gasteiger partial charge on any atom is -0.497 e. The van der Waals surface area contributed by atoms with Crippen molar-refractivity contribution >= 4 is 22.8 Å². The number of rotatable bonds is 8. The first-order valence-electron chi connectivity index (χ1n) is 8.74. The topological polar surface area (TPSA) is 56.1 Å².